The molecule has 1 aliphatic rings. The van der Waals surface area contributed by atoms with Gasteiger partial charge in [0.2, 0.25) is 0 Å². The molecule has 4 rings (SSSR count). The number of hydrogen-bond acceptors (Lipinski definition) is 2. The minimum atomic E-state index is -0.00971. The average molecular weight is 403 g/mol. The Hall–Kier alpha value is -3.08. The second-order valence-electron chi connectivity index (χ2n) is 8.24. The molecule has 0 spiro atoms. The van der Waals surface area contributed by atoms with Crippen molar-refractivity contribution in [2.24, 2.45) is 5.92 Å². The summed E-state index contributed by atoms with van der Waals surface area (Å²) in [7, 11) is 0. The molecule has 1 atom stereocenters. The lowest BCUT2D eigenvalue weighted by atomic mass is 10.1. The highest BCUT2D eigenvalue weighted by atomic mass is 16.2. The summed E-state index contributed by atoms with van der Waals surface area (Å²) in [4.78, 5) is 15.2. The van der Waals surface area contributed by atoms with Crippen LogP contribution in [0.3, 0.4) is 0 Å². The standard InChI is InChI=1S/C25H30N4O/c1-18-24(20(3)29(27-18)23-12-8-5-9-13-23)16-26-25(30)28(17-21-14-15-21)19(2)22-10-6-4-7-11-22/h4-13,19,21H,14-17H2,1-3H3,(H,26,30). The first kappa shape index (κ1) is 20.2. The van der Waals surface area contributed by atoms with Gasteiger partial charge in [0.1, 0.15) is 0 Å². The zero-order valence-electron chi connectivity index (χ0n) is 18.0. The minimum absolute atomic E-state index is 0.00971. The number of carbonyl (C=O) groups is 1. The van der Waals surface area contributed by atoms with Crippen LogP contribution >= 0.6 is 0 Å². The average Bonchev–Trinajstić information content (AvgIpc) is 3.55. The third kappa shape index (κ3) is 4.40. The van der Waals surface area contributed by atoms with E-state index in [2.05, 4.69) is 31.3 Å². The highest BCUT2D eigenvalue weighted by Gasteiger charge is 2.30. The molecule has 0 radical (unpaired) electrons. The molecule has 1 N–H and O–H groups in total. The minimum Gasteiger partial charge on any atom is -0.334 e. The van der Waals surface area contributed by atoms with Crippen LogP contribution in [0.25, 0.3) is 5.69 Å². The number of nitrogens with zero attached hydrogens (tertiary/aromatic N) is 3. The maximum atomic E-state index is 13.2. The Morgan fingerprint density at radius 2 is 1.73 bits per heavy atom. The Balaban J connectivity index is 1.49. The summed E-state index contributed by atoms with van der Waals surface area (Å²) in [5.41, 5.74) is 5.28. The third-order valence-electron chi connectivity index (χ3n) is 6.02. The Labute approximate surface area is 178 Å². The molecule has 5 heteroatoms. The van der Waals surface area contributed by atoms with E-state index in [0.717, 1.165) is 34.7 Å². The number of carbonyl (C=O) groups excluding carboxylic acids is 1. The number of amides is 2. The molecule has 0 bridgehead atoms. The van der Waals surface area contributed by atoms with E-state index in [0.29, 0.717) is 12.5 Å². The Morgan fingerprint density at radius 1 is 1.10 bits per heavy atom. The Morgan fingerprint density at radius 3 is 2.37 bits per heavy atom. The van der Waals surface area contributed by atoms with Gasteiger partial charge < -0.3 is 10.2 Å². The van der Waals surface area contributed by atoms with Gasteiger partial charge >= 0.3 is 6.03 Å². The SMILES string of the molecule is Cc1nn(-c2ccccc2)c(C)c1CNC(=O)N(CC1CC1)C(C)c1ccccc1. The molecule has 1 unspecified atom stereocenters. The quantitative estimate of drug-likeness (QED) is 0.593. The molecule has 0 saturated heterocycles. The molecule has 156 valence electrons. The van der Waals surface area contributed by atoms with Gasteiger partial charge in [0.25, 0.3) is 0 Å². The number of hydrogen-bond donors (Lipinski definition) is 1. The molecule has 3 aromatic rings. The van der Waals surface area contributed by atoms with E-state index < -0.39 is 0 Å². The van der Waals surface area contributed by atoms with Gasteiger partial charge in [-0.2, -0.15) is 5.10 Å². The van der Waals surface area contributed by atoms with Gasteiger partial charge in [-0.05, 0) is 57.2 Å². The van der Waals surface area contributed by atoms with E-state index in [-0.39, 0.29) is 12.1 Å². The maximum absolute atomic E-state index is 13.2. The maximum Gasteiger partial charge on any atom is 0.318 e. The first-order valence-corrected chi connectivity index (χ1v) is 10.7. The predicted octanol–water partition coefficient (Wildman–Crippen LogP) is 5.17. The van der Waals surface area contributed by atoms with Crippen LogP contribution in [0.1, 0.15) is 48.3 Å². The number of urea groups is 1. The number of nitrogens with one attached hydrogen (secondary N) is 1. The van der Waals surface area contributed by atoms with Crippen molar-refractivity contribution in [3.8, 4) is 5.69 Å². The summed E-state index contributed by atoms with van der Waals surface area (Å²) in [6.07, 6.45) is 2.43. The van der Waals surface area contributed by atoms with Crippen molar-refractivity contribution < 1.29 is 4.79 Å². The van der Waals surface area contributed by atoms with Gasteiger partial charge in [-0.3, -0.25) is 0 Å². The topological polar surface area (TPSA) is 50.2 Å². The van der Waals surface area contributed by atoms with E-state index in [4.69, 9.17) is 5.10 Å². The van der Waals surface area contributed by atoms with E-state index in [9.17, 15) is 4.79 Å². The zero-order valence-corrected chi connectivity index (χ0v) is 18.0. The van der Waals surface area contributed by atoms with Crippen molar-refractivity contribution in [3.63, 3.8) is 0 Å². The summed E-state index contributed by atoms with van der Waals surface area (Å²) in [6.45, 7) is 7.46. The summed E-state index contributed by atoms with van der Waals surface area (Å²) in [5, 5.41) is 7.86. The van der Waals surface area contributed by atoms with Crippen molar-refractivity contribution in [2.75, 3.05) is 6.54 Å². The summed E-state index contributed by atoms with van der Waals surface area (Å²) < 4.78 is 1.95. The normalized spacial score (nSPS) is 14.4. The summed E-state index contributed by atoms with van der Waals surface area (Å²) in [5.74, 6) is 0.631. The van der Waals surface area contributed by atoms with Crippen LogP contribution in [0.15, 0.2) is 60.7 Å². The highest BCUT2D eigenvalue weighted by molar-refractivity contribution is 5.75. The molecule has 1 fully saturated rings. The van der Waals surface area contributed by atoms with Crippen LogP contribution in [0.5, 0.6) is 0 Å². The van der Waals surface area contributed by atoms with E-state index in [1.165, 1.54) is 12.8 Å². The van der Waals surface area contributed by atoms with E-state index >= 15 is 0 Å². The van der Waals surface area contributed by atoms with Crippen LogP contribution in [-0.4, -0.2) is 27.3 Å². The highest BCUT2D eigenvalue weighted by Crippen LogP contribution is 2.33. The molecular weight excluding hydrogens is 372 g/mol. The van der Waals surface area contributed by atoms with Gasteiger partial charge in [-0.1, -0.05) is 48.5 Å². The number of para-hydroxylation sites is 1. The molecular formula is C25H30N4O. The van der Waals surface area contributed by atoms with E-state index in [1.807, 2.05) is 65.0 Å². The van der Waals surface area contributed by atoms with Crippen LogP contribution in [0.2, 0.25) is 0 Å². The molecule has 5 nitrogen and oxygen atoms in total. The smallest absolute Gasteiger partial charge is 0.318 e. The Kier molecular flexibility index (Phi) is 5.88. The summed E-state index contributed by atoms with van der Waals surface area (Å²) in [6, 6.07) is 20.4. The van der Waals surface area contributed by atoms with Gasteiger partial charge in [0.15, 0.2) is 0 Å². The van der Waals surface area contributed by atoms with Crippen molar-refractivity contribution in [3.05, 3.63) is 83.2 Å². The van der Waals surface area contributed by atoms with Crippen LogP contribution in [-0.2, 0) is 6.54 Å². The third-order valence-corrected chi connectivity index (χ3v) is 6.02. The van der Waals surface area contributed by atoms with Gasteiger partial charge in [-0.25, -0.2) is 9.48 Å². The second-order valence-corrected chi connectivity index (χ2v) is 8.24. The number of aryl methyl sites for hydroxylation is 1. The molecule has 1 aliphatic carbocycles. The lowest BCUT2D eigenvalue weighted by Gasteiger charge is -2.30. The molecule has 1 saturated carbocycles. The molecule has 1 aromatic heterocycles. The lowest BCUT2D eigenvalue weighted by molar-refractivity contribution is 0.175. The predicted molar refractivity (Wildman–Crippen MR) is 120 cm³/mol. The van der Waals surface area contributed by atoms with Crippen LogP contribution in [0.4, 0.5) is 4.79 Å². The zero-order chi connectivity index (χ0) is 21.1. The first-order chi connectivity index (χ1) is 14.5. The molecule has 0 aliphatic heterocycles. The van der Waals surface area contributed by atoms with Gasteiger partial charge in [0, 0.05) is 24.3 Å². The fourth-order valence-electron chi connectivity index (χ4n) is 3.92. The van der Waals surface area contributed by atoms with Crippen molar-refractivity contribution in [1.82, 2.24) is 20.0 Å². The molecule has 30 heavy (non-hydrogen) atoms. The van der Waals surface area contributed by atoms with E-state index in [1.54, 1.807) is 0 Å². The molecule has 2 aromatic carbocycles. The monoisotopic (exact) mass is 402 g/mol. The fourth-order valence-corrected chi connectivity index (χ4v) is 3.92. The number of rotatable bonds is 7. The van der Waals surface area contributed by atoms with Crippen molar-refractivity contribution in [2.45, 2.75) is 46.2 Å². The summed E-state index contributed by atoms with van der Waals surface area (Å²) >= 11 is 0. The van der Waals surface area contributed by atoms with Crippen LogP contribution < -0.4 is 5.32 Å². The van der Waals surface area contributed by atoms with Gasteiger partial charge in [0.05, 0.1) is 17.4 Å². The Bertz CT molecular complexity index is 993. The lowest BCUT2D eigenvalue weighted by Crippen LogP contribution is -2.42. The number of benzene rings is 2. The van der Waals surface area contributed by atoms with Gasteiger partial charge in [-0.15, -0.1) is 0 Å². The molecule has 1 heterocycles. The van der Waals surface area contributed by atoms with Crippen molar-refractivity contribution >= 4 is 6.03 Å². The fraction of sp³-hybridized carbons (Fsp3) is 0.360. The molecule has 2 amide bonds. The first-order valence-electron chi connectivity index (χ1n) is 10.7. The van der Waals surface area contributed by atoms with Crippen molar-refractivity contribution in [1.29, 1.82) is 0 Å². The second kappa shape index (κ2) is 8.74. The van der Waals surface area contributed by atoms with Crippen LogP contribution in [0, 0.1) is 19.8 Å². The largest absolute Gasteiger partial charge is 0.334 e. The number of aromatic nitrogens is 2.